The summed E-state index contributed by atoms with van der Waals surface area (Å²) in [6, 6.07) is 50.2. The van der Waals surface area contributed by atoms with Crippen LogP contribution in [0.15, 0.2) is 187 Å². The van der Waals surface area contributed by atoms with Crippen molar-refractivity contribution in [2.24, 2.45) is 5.11 Å². The molecule has 3 fully saturated rings. The fraction of sp³-hybridized carbons (Fsp3) is 0.245. The van der Waals surface area contributed by atoms with E-state index < -0.39 is 112 Å². The van der Waals surface area contributed by atoms with Crippen LogP contribution in [0, 0.1) is 0 Å². The summed E-state index contributed by atoms with van der Waals surface area (Å²) in [4.78, 5) is 59.2. The van der Waals surface area contributed by atoms with Gasteiger partial charge in [0.1, 0.15) is 0 Å². The number of azide groups is 1. The van der Waals surface area contributed by atoms with Gasteiger partial charge in [-0.2, -0.15) is 0 Å². The van der Waals surface area contributed by atoms with Crippen molar-refractivity contribution in [3.05, 3.63) is 220 Å². The maximum atomic E-state index is 14.2. The number of benzene rings is 6. The first kappa shape index (κ1) is 47.9. The van der Waals surface area contributed by atoms with Crippen LogP contribution in [-0.2, 0) is 42.6 Å². The number of hydrogen-bond acceptors (Lipinski definition) is 14. The standard InChI is InChI=1S/C53H45N3O13Se/c54-56-55-41-44(42-40(64-53(41)70-38-29-17-6-18-30-38)32-62-51(67-42)37-27-15-5-16-28-37)69-52-46(66-50(60)36-25-13-4-14-26-36)45(65-49(59)35-23-11-3-12-24-35)43(68-52)39(63-48(58)34-21-9-2-10-22-34)31-61-47(57)33-19-7-1-8-20-33/h1-30,39-46,51-53H,31-32H2/t39-,40-,41-,42+,43+,44-,45+,46-,51?,52+,53-/m1/s1. The van der Waals surface area contributed by atoms with E-state index in [0.717, 1.165) is 4.46 Å². The molecule has 356 valence electrons. The zero-order valence-electron chi connectivity index (χ0n) is 37.1. The molecule has 0 N–H and O–H groups in total. The van der Waals surface area contributed by atoms with E-state index in [2.05, 4.69) is 10.0 Å². The van der Waals surface area contributed by atoms with Gasteiger partial charge in [-0.1, -0.05) is 42.5 Å². The molecule has 0 aliphatic carbocycles. The van der Waals surface area contributed by atoms with Crippen molar-refractivity contribution in [2.75, 3.05) is 13.2 Å². The Kier molecular flexibility index (Phi) is 15.7. The number of carbonyl (C=O) groups excluding carboxylic acids is 4. The molecule has 16 nitrogen and oxygen atoms in total. The molecule has 3 heterocycles. The average molecular weight is 1010 g/mol. The Hall–Kier alpha value is -7.17. The Balaban J connectivity index is 1.14. The molecule has 6 aromatic carbocycles. The summed E-state index contributed by atoms with van der Waals surface area (Å²) < 4.78 is 58.8. The van der Waals surface area contributed by atoms with Crippen LogP contribution in [-0.4, -0.2) is 112 Å². The van der Waals surface area contributed by atoms with Crippen molar-refractivity contribution < 1.29 is 61.8 Å². The number of rotatable bonds is 16. The molecular weight excluding hydrogens is 966 g/mol. The molecule has 9 rings (SSSR count). The van der Waals surface area contributed by atoms with Crippen molar-refractivity contribution in [2.45, 2.75) is 66.4 Å². The molecule has 0 spiro atoms. The summed E-state index contributed by atoms with van der Waals surface area (Å²) in [6.07, 6.45) is -11.8. The SMILES string of the molecule is [N-]=[N+]=N[C@@H]1[C@@H](O[C@@H]2O[C@@H]([C@@H](COC(=O)c3ccccc3)OC(=O)c3ccccc3)[C@H](OC(=O)c3ccccc3)[C@H]2OC(=O)c2ccccc2)[C@H]2OC(c3ccccc3)OC[C@H]2O[C@@H]1[Se]c1ccccc1. The molecule has 0 saturated carbocycles. The fourth-order valence-corrected chi connectivity index (χ4v) is 10.6. The fourth-order valence-electron chi connectivity index (χ4n) is 8.20. The van der Waals surface area contributed by atoms with Crippen molar-refractivity contribution in [3.63, 3.8) is 0 Å². The van der Waals surface area contributed by atoms with Crippen LogP contribution in [0.4, 0.5) is 0 Å². The number of fused-ring (bicyclic) bond motifs is 1. The molecule has 11 atom stereocenters. The molecule has 70 heavy (non-hydrogen) atoms. The molecular formula is C53H45N3O13Se. The second-order valence-electron chi connectivity index (χ2n) is 16.2. The van der Waals surface area contributed by atoms with E-state index >= 15 is 0 Å². The molecule has 0 radical (unpaired) electrons. The average Bonchev–Trinajstić information content (AvgIpc) is 3.74. The van der Waals surface area contributed by atoms with Crippen molar-refractivity contribution in [3.8, 4) is 0 Å². The Morgan fingerprint density at radius 2 is 1.10 bits per heavy atom. The number of nitrogens with zero attached hydrogens (tertiary/aromatic N) is 3. The number of esters is 4. The van der Waals surface area contributed by atoms with Gasteiger partial charge < -0.3 is 0 Å². The molecule has 0 aromatic heterocycles. The van der Waals surface area contributed by atoms with Gasteiger partial charge in [-0.15, -0.1) is 0 Å². The molecule has 3 aliphatic heterocycles. The van der Waals surface area contributed by atoms with Gasteiger partial charge in [-0.05, 0) is 12.1 Å². The van der Waals surface area contributed by atoms with Crippen LogP contribution in [0.3, 0.4) is 0 Å². The molecule has 3 saturated heterocycles. The van der Waals surface area contributed by atoms with Gasteiger partial charge in [0.25, 0.3) is 0 Å². The number of carbonyl (C=O) groups is 4. The minimum absolute atomic E-state index is 0.0522. The first-order valence-electron chi connectivity index (χ1n) is 22.4. The van der Waals surface area contributed by atoms with Gasteiger partial charge in [-0.3, -0.25) is 0 Å². The summed E-state index contributed by atoms with van der Waals surface area (Å²) in [7, 11) is 0. The summed E-state index contributed by atoms with van der Waals surface area (Å²) >= 11 is -0.478. The van der Waals surface area contributed by atoms with Gasteiger partial charge in [0, 0.05) is 0 Å². The molecule has 0 amide bonds. The van der Waals surface area contributed by atoms with E-state index in [0.29, 0.717) is 5.56 Å². The summed E-state index contributed by atoms with van der Waals surface area (Å²) in [5, 5.41) is 3.52. The van der Waals surface area contributed by atoms with E-state index in [1.165, 1.54) is 24.3 Å². The third-order valence-corrected chi connectivity index (χ3v) is 14.0. The second-order valence-corrected chi connectivity index (χ2v) is 18.6. The number of ether oxygens (including phenoxy) is 9. The topological polar surface area (TPSA) is 200 Å². The predicted molar refractivity (Wildman–Crippen MR) is 251 cm³/mol. The molecule has 0 bridgehead atoms. The molecule has 6 aromatic rings. The predicted octanol–water partition coefficient (Wildman–Crippen LogP) is 7.18. The summed E-state index contributed by atoms with van der Waals surface area (Å²) in [5.41, 5.74) is 11.5. The quantitative estimate of drug-likeness (QED) is 0.0236. The molecule has 3 aliphatic rings. The van der Waals surface area contributed by atoms with Crippen molar-refractivity contribution >= 4 is 43.3 Å². The maximum absolute atomic E-state index is 14.2. The Morgan fingerprint density at radius 1 is 0.600 bits per heavy atom. The van der Waals surface area contributed by atoms with Crippen molar-refractivity contribution in [1.29, 1.82) is 0 Å². The zero-order chi connectivity index (χ0) is 48.2. The van der Waals surface area contributed by atoms with Crippen LogP contribution < -0.4 is 4.46 Å². The monoisotopic (exact) mass is 1010 g/mol. The molecule has 17 heteroatoms. The van der Waals surface area contributed by atoms with Crippen LogP contribution in [0.1, 0.15) is 53.3 Å². The Labute approximate surface area is 408 Å². The van der Waals surface area contributed by atoms with Gasteiger partial charge in [0.15, 0.2) is 0 Å². The van der Waals surface area contributed by atoms with Gasteiger partial charge >= 0.3 is 355 Å². The van der Waals surface area contributed by atoms with Crippen molar-refractivity contribution in [1.82, 2.24) is 0 Å². The zero-order valence-corrected chi connectivity index (χ0v) is 38.9. The second kappa shape index (κ2) is 23.0. The normalized spacial score (nSPS) is 25.2. The van der Waals surface area contributed by atoms with E-state index in [-0.39, 0.29) is 28.9 Å². The minimum atomic E-state index is -1.67. The van der Waals surface area contributed by atoms with E-state index in [4.69, 9.17) is 42.6 Å². The summed E-state index contributed by atoms with van der Waals surface area (Å²) in [6.45, 7) is -0.566. The van der Waals surface area contributed by atoms with E-state index in [1.807, 2.05) is 60.7 Å². The van der Waals surface area contributed by atoms with Crippen LogP contribution in [0.5, 0.6) is 0 Å². The van der Waals surface area contributed by atoms with Crippen LogP contribution >= 0.6 is 0 Å². The third-order valence-electron chi connectivity index (χ3n) is 11.6. The van der Waals surface area contributed by atoms with Gasteiger partial charge in [0.2, 0.25) is 0 Å². The Bertz CT molecular complexity index is 2740. The first-order chi connectivity index (χ1) is 34.3. The molecule has 1 unspecified atom stereocenters. The van der Waals surface area contributed by atoms with E-state index in [9.17, 15) is 24.7 Å². The van der Waals surface area contributed by atoms with Gasteiger partial charge in [-0.25, -0.2) is 0 Å². The van der Waals surface area contributed by atoms with Crippen LogP contribution in [0.2, 0.25) is 0 Å². The Morgan fingerprint density at radius 3 is 1.66 bits per heavy atom. The first-order valence-corrected chi connectivity index (χ1v) is 24.2. The van der Waals surface area contributed by atoms with Crippen LogP contribution in [0.25, 0.3) is 10.4 Å². The van der Waals surface area contributed by atoms with Gasteiger partial charge in [0.05, 0.1) is 0 Å². The van der Waals surface area contributed by atoms with E-state index in [1.54, 1.807) is 97.1 Å². The number of hydrogen-bond donors (Lipinski definition) is 0. The summed E-state index contributed by atoms with van der Waals surface area (Å²) in [5.74, 6) is -3.27. The third kappa shape index (κ3) is 11.5.